The fourth-order valence-corrected chi connectivity index (χ4v) is 3.54. The Kier molecular flexibility index (Phi) is 9.85. The van der Waals surface area contributed by atoms with Gasteiger partial charge in [0, 0.05) is 31.3 Å². The highest BCUT2D eigenvalue weighted by Crippen LogP contribution is 2.25. The standard InChI is InChI=1S/C14H26N6S.HI/c1-3-13-19-18-11-20(13)8-7-16-14(15-4-2)17-10-12-6-5-9-21-12;/h11-12H,3-10H2,1-2H3,(H2,15,16,17);1H. The summed E-state index contributed by atoms with van der Waals surface area (Å²) in [6, 6.07) is 0. The van der Waals surface area contributed by atoms with E-state index >= 15 is 0 Å². The summed E-state index contributed by atoms with van der Waals surface area (Å²) in [4.78, 5) is 4.69. The predicted octanol–water partition coefficient (Wildman–Crippen LogP) is 1.91. The Morgan fingerprint density at radius 1 is 1.45 bits per heavy atom. The number of nitrogens with zero attached hydrogens (tertiary/aromatic N) is 4. The van der Waals surface area contributed by atoms with E-state index in [4.69, 9.17) is 0 Å². The monoisotopic (exact) mass is 438 g/mol. The van der Waals surface area contributed by atoms with E-state index in [0.717, 1.165) is 44.4 Å². The third kappa shape index (κ3) is 6.31. The van der Waals surface area contributed by atoms with E-state index in [1.165, 1.54) is 18.6 Å². The Morgan fingerprint density at radius 2 is 2.32 bits per heavy atom. The molecule has 22 heavy (non-hydrogen) atoms. The molecule has 0 spiro atoms. The number of thioether (sulfide) groups is 1. The number of hydrogen-bond acceptors (Lipinski definition) is 4. The topological polar surface area (TPSA) is 67.1 Å². The summed E-state index contributed by atoms with van der Waals surface area (Å²) in [5.74, 6) is 3.23. The molecule has 1 saturated heterocycles. The minimum Gasteiger partial charge on any atom is -0.357 e. The van der Waals surface area contributed by atoms with Gasteiger partial charge in [-0.15, -0.1) is 34.2 Å². The molecule has 0 radical (unpaired) electrons. The van der Waals surface area contributed by atoms with Crippen LogP contribution in [0.25, 0.3) is 0 Å². The molecule has 1 atom stereocenters. The molecule has 1 aromatic rings. The van der Waals surface area contributed by atoms with Gasteiger partial charge >= 0.3 is 0 Å². The van der Waals surface area contributed by atoms with Gasteiger partial charge in [0.05, 0.1) is 6.54 Å². The lowest BCUT2D eigenvalue weighted by molar-refractivity contribution is 0.632. The first kappa shape index (κ1) is 19.5. The molecule has 2 N–H and O–H groups in total. The number of aliphatic imine (C=N–C) groups is 1. The summed E-state index contributed by atoms with van der Waals surface area (Å²) >= 11 is 2.05. The van der Waals surface area contributed by atoms with Crippen LogP contribution in [0.15, 0.2) is 11.3 Å². The van der Waals surface area contributed by atoms with Crippen molar-refractivity contribution in [3.8, 4) is 0 Å². The molecule has 1 aromatic heterocycles. The van der Waals surface area contributed by atoms with E-state index in [2.05, 4.69) is 44.2 Å². The van der Waals surface area contributed by atoms with Gasteiger partial charge in [0.15, 0.2) is 5.96 Å². The second-order valence-corrected chi connectivity index (χ2v) is 6.48. The Bertz CT molecular complexity index is 444. The van der Waals surface area contributed by atoms with E-state index in [-0.39, 0.29) is 24.0 Å². The predicted molar refractivity (Wildman–Crippen MR) is 104 cm³/mol. The number of aryl methyl sites for hydroxylation is 1. The van der Waals surface area contributed by atoms with Crippen molar-refractivity contribution < 1.29 is 0 Å². The summed E-state index contributed by atoms with van der Waals surface area (Å²) in [7, 11) is 0. The quantitative estimate of drug-likeness (QED) is 0.387. The van der Waals surface area contributed by atoms with Gasteiger partial charge in [-0.1, -0.05) is 6.92 Å². The van der Waals surface area contributed by atoms with Crippen molar-refractivity contribution in [3.63, 3.8) is 0 Å². The summed E-state index contributed by atoms with van der Waals surface area (Å²) in [5.41, 5.74) is 0. The summed E-state index contributed by atoms with van der Waals surface area (Å²) in [5, 5.41) is 15.4. The molecule has 2 rings (SSSR count). The lowest BCUT2D eigenvalue weighted by Gasteiger charge is -2.13. The van der Waals surface area contributed by atoms with Crippen LogP contribution < -0.4 is 10.6 Å². The minimum atomic E-state index is 0. The van der Waals surface area contributed by atoms with Crippen molar-refractivity contribution in [2.24, 2.45) is 4.99 Å². The number of halogens is 1. The molecule has 0 amide bonds. The Hall–Kier alpha value is -0.510. The lowest BCUT2D eigenvalue weighted by atomic mass is 10.2. The van der Waals surface area contributed by atoms with E-state index < -0.39 is 0 Å². The zero-order chi connectivity index (χ0) is 14.9. The Morgan fingerprint density at radius 3 is 3.00 bits per heavy atom. The maximum Gasteiger partial charge on any atom is 0.191 e. The molecule has 8 heteroatoms. The molecule has 2 heterocycles. The molecule has 0 aromatic carbocycles. The summed E-state index contributed by atoms with van der Waals surface area (Å²) in [6.45, 7) is 7.67. The highest BCUT2D eigenvalue weighted by molar-refractivity contribution is 14.0. The zero-order valence-electron chi connectivity index (χ0n) is 13.4. The first-order valence-electron chi connectivity index (χ1n) is 7.84. The first-order chi connectivity index (χ1) is 10.3. The van der Waals surface area contributed by atoms with Crippen LogP contribution in [-0.4, -0.2) is 51.4 Å². The van der Waals surface area contributed by atoms with Gasteiger partial charge in [0.1, 0.15) is 12.2 Å². The lowest BCUT2D eigenvalue weighted by Crippen LogP contribution is -2.39. The SMILES string of the molecule is CCNC(=NCC1CCCS1)NCCn1cnnc1CC.I. The molecule has 1 unspecified atom stereocenters. The van der Waals surface area contributed by atoms with Crippen molar-refractivity contribution in [2.75, 3.05) is 25.4 Å². The Balaban J connectivity index is 0.00000242. The molecule has 126 valence electrons. The van der Waals surface area contributed by atoms with Crippen LogP contribution in [0.2, 0.25) is 0 Å². The van der Waals surface area contributed by atoms with E-state index in [1.54, 1.807) is 6.33 Å². The number of guanidine groups is 1. The van der Waals surface area contributed by atoms with Gasteiger partial charge in [-0.25, -0.2) is 0 Å². The van der Waals surface area contributed by atoms with Crippen molar-refractivity contribution in [1.29, 1.82) is 0 Å². The van der Waals surface area contributed by atoms with Crippen LogP contribution in [0, 0.1) is 0 Å². The van der Waals surface area contributed by atoms with Crippen molar-refractivity contribution in [2.45, 2.75) is 44.9 Å². The van der Waals surface area contributed by atoms with E-state index in [9.17, 15) is 0 Å². The van der Waals surface area contributed by atoms with Crippen LogP contribution >= 0.6 is 35.7 Å². The average molecular weight is 438 g/mol. The molecule has 1 aliphatic rings. The molecular formula is C14H27IN6S. The molecule has 6 nitrogen and oxygen atoms in total. The van der Waals surface area contributed by atoms with Crippen LogP contribution in [0.4, 0.5) is 0 Å². The van der Waals surface area contributed by atoms with Gasteiger partial charge in [-0.3, -0.25) is 4.99 Å². The Labute approximate surface area is 154 Å². The third-order valence-corrected chi connectivity index (χ3v) is 4.86. The van der Waals surface area contributed by atoms with Crippen molar-refractivity contribution >= 4 is 41.7 Å². The van der Waals surface area contributed by atoms with Crippen LogP contribution in [-0.2, 0) is 13.0 Å². The third-order valence-electron chi connectivity index (χ3n) is 3.48. The van der Waals surface area contributed by atoms with E-state index in [1.807, 2.05) is 11.8 Å². The van der Waals surface area contributed by atoms with E-state index in [0.29, 0.717) is 5.25 Å². The molecular weight excluding hydrogens is 411 g/mol. The number of nitrogens with one attached hydrogen (secondary N) is 2. The zero-order valence-corrected chi connectivity index (χ0v) is 16.6. The number of rotatable bonds is 7. The highest BCUT2D eigenvalue weighted by atomic mass is 127. The number of hydrogen-bond donors (Lipinski definition) is 2. The molecule has 1 fully saturated rings. The van der Waals surface area contributed by atoms with Gasteiger partial charge in [-0.05, 0) is 25.5 Å². The number of aromatic nitrogens is 3. The van der Waals surface area contributed by atoms with Gasteiger partial charge in [0.25, 0.3) is 0 Å². The van der Waals surface area contributed by atoms with Gasteiger partial charge in [-0.2, -0.15) is 11.8 Å². The molecule has 0 bridgehead atoms. The maximum atomic E-state index is 4.69. The molecule has 0 aliphatic carbocycles. The van der Waals surface area contributed by atoms with Crippen LogP contribution in [0.3, 0.4) is 0 Å². The van der Waals surface area contributed by atoms with Crippen molar-refractivity contribution in [3.05, 3.63) is 12.2 Å². The van der Waals surface area contributed by atoms with Gasteiger partial charge < -0.3 is 15.2 Å². The average Bonchev–Trinajstić information content (AvgIpc) is 3.16. The fourth-order valence-electron chi connectivity index (χ4n) is 2.36. The first-order valence-corrected chi connectivity index (χ1v) is 8.88. The normalized spacial score (nSPS) is 18.1. The summed E-state index contributed by atoms with van der Waals surface area (Å²) < 4.78 is 2.09. The maximum absolute atomic E-state index is 4.69. The van der Waals surface area contributed by atoms with Crippen LogP contribution in [0.5, 0.6) is 0 Å². The minimum absolute atomic E-state index is 0. The smallest absolute Gasteiger partial charge is 0.191 e. The largest absolute Gasteiger partial charge is 0.357 e. The second-order valence-electron chi connectivity index (χ2n) is 5.08. The van der Waals surface area contributed by atoms with Crippen LogP contribution in [0.1, 0.15) is 32.5 Å². The fraction of sp³-hybridized carbons (Fsp3) is 0.786. The highest BCUT2D eigenvalue weighted by Gasteiger charge is 2.14. The molecule has 1 aliphatic heterocycles. The van der Waals surface area contributed by atoms with Gasteiger partial charge in [0.2, 0.25) is 0 Å². The second kappa shape index (κ2) is 11.1. The van der Waals surface area contributed by atoms with Crippen molar-refractivity contribution in [1.82, 2.24) is 25.4 Å². The molecule has 0 saturated carbocycles. The summed E-state index contributed by atoms with van der Waals surface area (Å²) in [6.07, 6.45) is 5.34.